The minimum Gasteiger partial charge on any atom is -0.331 e. The number of carbonyl (C=O) groups excluding carboxylic acids is 1. The zero-order valence-electron chi connectivity index (χ0n) is 10.6. The fourth-order valence-electron chi connectivity index (χ4n) is 2.82. The van der Waals surface area contributed by atoms with Crippen molar-refractivity contribution in [3.63, 3.8) is 0 Å². The Balaban J connectivity index is 2.01. The predicted molar refractivity (Wildman–Crippen MR) is 67.3 cm³/mol. The summed E-state index contributed by atoms with van der Waals surface area (Å²) in [5.74, 6) is 0.114. The van der Waals surface area contributed by atoms with Crippen molar-refractivity contribution in [2.24, 2.45) is 5.92 Å². The summed E-state index contributed by atoms with van der Waals surface area (Å²) in [6.45, 7) is 1.51. The number of anilines is 1. The van der Waals surface area contributed by atoms with Crippen LogP contribution >= 0.6 is 0 Å². The number of fused-ring (bicyclic) bond motifs is 1. The summed E-state index contributed by atoms with van der Waals surface area (Å²) in [7, 11) is 0. The Morgan fingerprint density at radius 3 is 2.70 bits per heavy atom. The topological polar surface area (TPSA) is 53.2 Å². The summed E-state index contributed by atoms with van der Waals surface area (Å²) in [6, 6.07) is 2.70. The van der Waals surface area contributed by atoms with E-state index in [2.05, 4.69) is 16.0 Å². The number of halogens is 3. The molecule has 0 aliphatic carbocycles. The van der Waals surface area contributed by atoms with E-state index in [1.54, 1.807) is 0 Å². The average molecular weight is 285 g/mol. The van der Waals surface area contributed by atoms with E-state index in [0.717, 1.165) is 25.1 Å². The quantitative estimate of drug-likeness (QED) is 0.742. The van der Waals surface area contributed by atoms with Gasteiger partial charge in [0.05, 0.1) is 11.6 Å². The third-order valence-corrected chi connectivity index (χ3v) is 3.82. The van der Waals surface area contributed by atoms with Crippen molar-refractivity contribution in [1.29, 1.82) is 0 Å². The summed E-state index contributed by atoms with van der Waals surface area (Å²) in [5.41, 5.74) is 0.275. The zero-order chi connectivity index (χ0) is 14.3. The largest absolute Gasteiger partial charge is 0.416 e. The number of rotatable bonds is 1. The summed E-state index contributed by atoms with van der Waals surface area (Å²) >= 11 is 0. The molecule has 0 spiro atoms. The summed E-state index contributed by atoms with van der Waals surface area (Å²) in [4.78, 5) is 11.6. The first-order chi connectivity index (χ1) is 9.45. The molecular weight excluding hydrogens is 271 g/mol. The van der Waals surface area contributed by atoms with Gasteiger partial charge in [-0.05, 0) is 42.6 Å². The Kier molecular flexibility index (Phi) is 3.08. The molecule has 2 aliphatic heterocycles. The van der Waals surface area contributed by atoms with Gasteiger partial charge in [-0.3, -0.25) is 0 Å². The smallest absolute Gasteiger partial charge is 0.331 e. The molecule has 1 saturated heterocycles. The van der Waals surface area contributed by atoms with Gasteiger partial charge in [-0.15, -0.1) is 0 Å². The van der Waals surface area contributed by atoms with Gasteiger partial charge in [-0.1, -0.05) is 0 Å². The molecule has 1 aromatic rings. The monoisotopic (exact) mass is 285 g/mol. The maximum absolute atomic E-state index is 12.8. The molecule has 0 bridgehead atoms. The van der Waals surface area contributed by atoms with Gasteiger partial charge in [-0.25, -0.2) is 4.79 Å². The molecule has 1 fully saturated rings. The van der Waals surface area contributed by atoms with E-state index in [4.69, 9.17) is 0 Å². The Morgan fingerprint density at radius 2 is 2.05 bits per heavy atom. The highest BCUT2D eigenvalue weighted by atomic mass is 19.4. The normalized spacial score (nSPS) is 25.9. The minimum absolute atomic E-state index is 0.114. The molecule has 0 radical (unpaired) electrons. The fourth-order valence-corrected chi connectivity index (χ4v) is 2.82. The van der Waals surface area contributed by atoms with Crippen LogP contribution in [0.2, 0.25) is 0 Å². The number of urea groups is 1. The molecule has 0 aromatic heterocycles. The van der Waals surface area contributed by atoms with E-state index in [-0.39, 0.29) is 18.0 Å². The van der Waals surface area contributed by atoms with Crippen LogP contribution < -0.4 is 16.0 Å². The van der Waals surface area contributed by atoms with Crippen molar-refractivity contribution < 1.29 is 18.0 Å². The molecule has 0 saturated carbocycles. The van der Waals surface area contributed by atoms with E-state index in [1.807, 2.05) is 0 Å². The second kappa shape index (κ2) is 4.66. The van der Waals surface area contributed by atoms with Crippen molar-refractivity contribution in [1.82, 2.24) is 10.6 Å². The van der Waals surface area contributed by atoms with E-state index in [9.17, 15) is 18.0 Å². The lowest BCUT2D eigenvalue weighted by atomic mass is 9.89. The first kappa shape index (κ1) is 13.2. The molecule has 7 heteroatoms. The molecule has 108 valence electrons. The Bertz CT molecular complexity index is 538. The van der Waals surface area contributed by atoms with Crippen molar-refractivity contribution >= 4 is 11.7 Å². The highest BCUT2D eigenvalue weighted by Crippen LogP contribution is 2.38. The van der Waals surface area contributed by atoms with Crippen molar-refractivity contribution in [3.05, 3.63) is 29.3 Å². The summed E-state index contributed by atoms with van der Waals surface area (Å²) in [6.07, 6.45) is -3.55. The lowest BCUT2D eigenvalue weighted by Crippen LogP contribution is -2.41. The van der Waals surface area contributed by atoms with Crippen molar-refractivity contribution in [2.45, 2.75) is 18.6 Å². The number of carbonyl (C=O) groups is 1. The van der Waals surface area contributed by atoms with Crippen LogP contribution in [-0.2, 0) is 6.18 Å². The molecule has 3 N–H and O–H groups in total. The Labute approximate surface area is 113 Å². The Morgan fingerprint density at radius 1 is 1.25 bits per heavy atom. The molecule has 3 rings (SSSR count). The van der Waals surface area contributed by atoms with E-state index in [1.165, 1.54) is 6.07 Å². The van der Waals surface area contributed by atoms with Crippen LogP contribution in [0.5, 0.6) is 0 Å². The third-order valence-electron chi connectivity index (χ3n) is 3.82. The molecule has 2 unspecified atom stereocenters. The third kappa shape index (κ3) is 2.33. The molecule has 1 aromatic carbocycles. The molecular formula is C13H14F3N3O. The van der Waals surface area contributed by atoms with Gasteiger partial charge < -0.3 is 16.0 Å². The molecule has 2 aliphatic rings. The van der Waals surface area contributed by atoms with Crippen LogP contribution in [0.3, 0.4) is 0 Å². The predicted octanol–water partition coefficient (Wildman–Crippen LogP) is 2.49. The molecule has 4 nitrogen and oxygen atoms in total. The second-order valence-corrected chi connectivity index (χ2v) is 5.13. The van der Waals surface area contributed by atoms with Crippen LogP contribution in [0.1, 0.15) is 23.6 Å². The lowest BCUT2D eigenvalue weighted by molar-refractivity contribution is -0.137. The number of benzene rings is 1. The van der Waals surface area contributed by atoms with E-state index < -0.39 is 11.7 Å². The SMILES string of the molecule is O=C1Nc2ccc(C(F)(F)F)cc2C(C2CCNC2)N1. The van der Waals surface area contributed by atoms with E-state index >= 15 is 0 Å². The zero-order valence-corrected chi connectivity index (χ0v) is 10.6. The van der Waals surface area contributed by atoms with Crippen LogP contribution in [-0.4, -0.2) is 19.1 Å². The first-order valence-corrected chi connectivity index (χ1v) is 6.44. The van der Waals surface area contributed by atoms with Gasteiger partial charge in [0.25, 0.3) is 0 Å². The van der Waals surface area contributed by atoms with Crippen LogP contribution in [0.4, 0.5) is 23.7 Å². The molecule has 2 atom stereocenters. The van der Waals surface area contributed by atoms with Gasteiger partial charge in [0.1, 0.15) is 0 Å². The van der Waals surface area contributed by atoms with Gasteiger partial charge in [0.15, 0.2) is 0 Å². The standard InChI is InChI=1S/C13H14F3N3O/c14-13(15,16)8-1-2-10-9(5-8)11(19-12(20)18-10)7-3-4-17-6-7/h1-2,5,7,11,17H,3-4,6H2,(H2,18,19,20). The average Bonchev–Trinajstić information content (AvgIpc) is 2.89. The van der Waals surface area contributed by atoms with Gasteiger partial charge in [-0.2, -0.15) is 13.2 Å². The maximum atomic E-state index is 12.8. The van der Waals surface area contributed by atoms with Crippen molar-refractivity contribution in [3.8, 4) is 0 Å². The lowest BCUT2D eigenvalue weighted by Gasteiger charge is -2.31. The van der Waals surface area contributed by atoms with Crippen molar-refractivity contribution in [2.75, 3.05) is 18.4 Å². The molecule has 20 heavy (non-hydrogen) atoms. The van der Waals surface area contributed by atoms with Crippen LogP contribution in [0, 0.1) is 5.92 Å². The second-order valence-electron chi connectivity index (χ2n) is 5.13. The summed E-state index contributed by atoms with van der Waals surface area (Å²) < 4.78 is 38.5. The van der Waals surface area contributed by atoms with Gasteiger partial charge >= 0.3 is 12.2 Å². The summed E-state index contributed by atoms with van der Waals surface area (Å²) in [5, 5.41) is 8.46. The molecule has 2 heterocycles. The molecule has 2 amide bonds. The van der Waals surface area contributed by atoms with Gasteiger partial charge in [0, 0.05) is 12.2 Å². The number of hydrogen-bond acceptors (Lipinski definition) is 2. The van der Waals surface area contributed by atoms with E-state index in [0.29, 0.717) is 17.8 Å². The number of alkyl halides is 3. The van der Waals surface area contributed by atoms with Crippen LogP contribution in [0.25, 0.3) is 0 Å². The fraction of sp³-hybridized carbons (Fsp3) is 0.462. The number of nitrogens with one attached hydrogen (secondary N) is 3. The Hall–Kier alpha value is -1.76. The minimum atomic E-state index is -4.38. The number of hydrogen-bond donors (Lipinski definition) is 3. The highest BCUT2D eigenvalue weighted by molar-refractivity contribution is 5.93. The van der Waals surface area contributed by atoms with Gasteiger partial charge in [0.2, 0.25) is 0 Å². The number of amides is 2. The highest BCUT2D eigenvalue weighted by Gasteiger charge is 2.36. The van der Waals surface area contributed by atoms with Crippen LogP contribution in [0.15, 0.2) is 18.2 Å². The first-order valence-electron chi connectivity index (χ1n) is 6.44. The maximum Gasteiger partial charge on any atom is 0.416 e.